The summed E-state index contributed by atoms with van der Waals surface area (Å²) >= 11 is 0. The molecule has 2 aromatic rings. The van der Waals surface area contributed by atoms with E-state index in [9.17, 15) is 9.59 Å². The molecular weight excluding hydrogens is 326 g/mol. The lowest BCUT2D eigenvalue weighted by atomic mass is 9.98. The maximum Gasteiger partial charge on any atom is 0.238 e. The van der Waals surface area contributed by atoms with Gasteiger partial charge in [-0.3, -0.25) is 19.4 Å². The normalized spacial score (nSPS) is 21.5. The summed E-state index contributed by atoms with van der Waals surface area (Å²) in [6.45, 7) is 3.91. The van der Waals surface area contributed by atoms with Gasteiger partial charge in [-0.05, 0) is 17.7 Å². The van der Waals surface area contributed by atoms with Crippen molar-refractivity contribution in [3.05, 3.63) is 66.2 Å². The van der Waals surface area contributed by atoms with Crippen molar-refractivity contribution in [2.24, 2.45) is 0 Å². The lowest BCUT2D eigenvalue weighted by Crippen LogP contribution is -2.51. The van der Waals surface area contributed by atoms with Gasteiger partial charge < -0.3 is 4.90 Å². The molecule has 0 radical (unpaired) electrons. The smallest absolute Gasteiger partial charge is 0.238 e. The Kier molecular flexibility index (Phi) is 4.71. The molecule has 2 amide bonds. The molecule has 5 heteroatoms. The summed E-state index contributed by atoms with van der Waals surface area (Å²) < 4.78 is 0. The van der Waals surface area contributed by atoms with Gasteiger partial charge in [-0.1, -0.05) is 48.5 Å². The summed E-state index contributed by atoms with van der Waals surface area (Å²) in [6.07, 6.45) is 0.285. The van der Waals surface area contributed by atoms with E-state index in [0.29, 0.717) is 6.67 Å². The van der Waals surface area contributed by atoms with Crippen molar-refractivity contribution in [1.29, 1.82) is 0 Å². The topological polar surface area (TPSA) is 43.9 Å². The maximum atomic E-state index is 12.7. The predicted octanol–water partition coefficient (Wildman–Crippen LogP) is 2.31. The molecule has 0 aromatic heterocycles. The Morgan fingerprint density at radius 2 is 1.42 bits per heavy atom. The minimum absolute atomic E-state index is 0.0608. The third-order valence-corrected chi connectivity index (χ3v) is 5.28. The van der Waals surface area contributed by atoms with Gasteiger partial charge in [0.05, 0.1) is 12.6 Å². The molecule has 2 fully saturated rings. The summed E-state index contributed by atoms with van der Waals surface area (Å²) in [5.74, 6) is -0.449. The average Bonchev–Trinajstić information content (AvgIpc) is 2.98. The van der Waals surface area contributed by atoms with E-state index in [0.717, 1.165) is 31.7 Å². The molecule has 1 atom stereocenters. The first-order valence-electron chi connectivity index (χ1n) is 9.14. The van der Waals surface area contributed by atoms with Crippen LogP contribution in [-0.4, -0.2) is 54.5 Å². The minimum atomic E-state index is -0.325. The Bertz CT molecular complexity index is 770. The highest BCUT2D eigenvalue weighted by molar-refractivity contribution is 6.06. The Balaban J connectivity index is 1.36. The molecule has 4 rings (SSSR count). The molecule has 0 unspecified atom stereocenters. The van der Waals surface area contributed by atoms with E-state index in [2.05, 4.69) is 21.9 Å². The minimum Gasteiger partial charge on any atom is -0.369 e. The van der Waals surface area contributed by atoms with Crippen LogP contribution in [0.1, 0.15) is 17.9 Å². The van der Waals surface area contributed by atoms with Crippen LogP contribution in [0.3, 0.4) is 0 Å². The molecule has 0 spiro atoms. The molecule has 2 aliphatic rings. The van der Waals surface area contributed by atoms with E-state index >= 15 is 0 Å². The summed E-state index contributed by atoms with van der Waals surface area (Å²) in [7, 11) is 0. The Morgan fingerprint density at radius 1 is 0.808 bits per heavy atom. The molecule has 2 heterocycles. The Hall–Kier alpha value is -2.66. The summed E-state index contributed by atoms with van der Waals surface area (Å²) in [6, 6.07) is 20.0. The first-order chi connectivity index (χ1) is 12.7. The number of likely N-dealkylation sites (tertiary alicyclic amines) is 1. The van der Waals surface area contributed by atoms with Gasteiger partial charge in [-0.15, -0.1) is 0 Å². The molecule has 0 saturated carbocycles. The van der Waals surface area contributed by atoms with Gasteiger partial charge in [0.25, 0.3) is 0 Å². The average molecular weight is 349 g/mol. The lowest BCUT2D eigenvalue weighted by Gasteiger charge is -2.37. The lowest BCUT2D eigenvalue weighted by molar-refractivity contribution is -0.141. The van der Waals surface area contributed by atoms with Crippen molar-refractivity contribution >= 4 is 17.5 Å². The molecule has 2 aliphatic heterocycles. The van der Waals surface area contributed by atoms with Crippen molar-refractivity contribution in [3.8, 4) is 0 Å². The molecule has 2 aromatic carbocycles. The third kappa shape index (κ3) is 3.35. The van der Waals surface area contributed by atoms with E-state index < -0.39 is 0 Å². The monoisotopic (exact) mass is 349 g/mol. The van der Waals surface area contributed by atoms with Crippen molar-refractivity contribution in [2.75, 3.05) is 37.7 Å². The number of anilines is 1. The Labute approximate surface area is 153 Å². The number of amides is 2. The second-order valence-electron chi connectivity index (χ2n) is 6.91. The van der Waals surface area contributed by atoms with Crippen LogP contribution >= 0.6 is 0 Å². The first-order valence-corrected chi connectivity index (χ1v) is 9.14. The zero-order valence-electron chi connectivity index (χ0n) is 14.8. The van der Waals surface area contributed by atoms with Crippen LogP contribution in [0, 0.1) is 0 Å². The van der Waals surface area contributed by atoms with Gasteiger partial charge in [0.1, 0.15) is 0 Å². The summed E-state index contributed by atoms with van der Waals surface area (Å²) in [5.41, 5.74) is 2.16. The van der Waals surface area contributed by atoms with Crippen molar-refractivity contribution < 1.29 is 9.59 Å². The van der Waals surface area contributed by atoms with Crippen molar-refractivity contribution in [3.63, 3.8) is 0 Å². The van der Waals surface area contributed by atoms with Gasteiger partial charge in [-0.2, -0.15) is 0 Å². The molecule has 5 nitrogen and oxygen atoms in total. The van der Waals surface area contributed by atoms with Gasteiger partial charge in [0, 0.05) is 38.3 Å². The quantitative estimate of drug-likeness (QED) is 0.795. The second kappa shape index (κ2) is 7.30. The second-order valence-corrected chi connectivity index (χ2v) is 6.91. The largest absolute Gasteiger partial charge is 0.369 e. The van der Waals surface area contributed by atoms with Crippen LogP contribution < -0.4 is 4.90 Å². The number of rotatable bonds is 4. The Morgan fingerprint density at radius 3 is 2.08 bits per heavy atom. The number of para-hydroxylation sites is 1. The third-order valence-electron chi connectivity index (χ3n) is 5.28. The van der Waals surface area contributed by atoms with E-state index in [-0.39, 0.29) is 24.2 Å². The first kappa shape index (κ1) is 16.8. The number of carbonyl (C=O) groups is 2. The maximum absolute atomic E-state index is 12.7. The number of piperazine rings is 1. The highest BCUT2D eigenvalue weighted by Crippen LogP contribution is 2.29. The fourth-order valence-electron chi connectivity index (χ4n) is 3.76. The zero-order chi connectivity index (χ0) is 17.9. The van der Waals surface area contributed by atoms with Crippen LogP contribution in [0.5, 0.6) is 0 Å². The predicted molar refractivity (Wildman–Crippen MR) is 101 cm³/mol. The number of nitrogens with zero attached hydrogens (tertiary/aromatic N) is 3. The molecule has 134 valence electrons. The number of benzene rings is 2. The van der Waals surface area contributed by atoms with Crippen molar-refractivity contribution in [2.45, 2.75) is 12.3 Å². The fourth-order valence-corrected chi connectivity index (χ4v) is 3.76. The zero-order valence-corrected chi connectivity index (χ0v) is 14.8. The molecule has 2 saturated heterocycles. The molecule has 0 aliphatic carbocycles. The molecule has 26 heavy (non-hydrogen) atoms. The van der Waals surface area contributed by atoms with Gasteiger partial charge >= 0.3 is 0 Å². The van der Waals surface area contributed by atoms with E-state index in [1.165, 1.54) is 10.6 Å². The van der Waals surface area contributed by atoms with Crippen LogP contribution in [-0.2, 0) is 9.59 Å². The number of carbonyl (C=O) groups excluding carboxylic acids is 2. The van der Waals surface area contributed by atoms with E-state index in [1.54, 1.807) is 0 Å². The van der Waals surface area contributed by atoms with Crippen LogP contribution in [0.2, 0.25) is 0 Å². The van der Waals surface area contributed by atoms with Gasteiger partial charge in [-0.25, -0.2) is 0 Å². The van der Waals surface area contributed by atoms with E-state index in [4.69, 9.17) is 0 Å². The van der Waals surface area contributed by atoms with Gasteiger partial charge in [0.2, 0.25) is 11.8 Å². The molecule has 0 bridgehead atoms. The highest BCUT2D eigenvalue weighted by atomic mass is 16.2. The number of imide groups is 1. The van der Waals surface area contributed by atoms with E-state index in [1.807, 2.05) is 48.5 Å². The highest BCUT2D eigenvalue weighted by Gasteiger charge is 2.40. The fraction of sp³-hybridized carbons (Fsp3) is 0.333. The van der Waals surface area contributed by atoms with Crippen LogP contribution in [0.4, 0.5) is 5.69 Å². The number of hydrogen-bond acceptors (Lipinski definition) is 4. The SMILES string of the molecule is O=C1C[C@@H](c2ccccc2)C(=O)N1CN1CCN(c2ccccc2)CC1. The summed E-state index contributed by atoms with van der Waals surface area (Å²) in [5, 5.41) is 0. The number of hydrogen-bond donors (Lipinski definition) is 0. The van der Waals surface area contributed by atoms with Crippen LogP contribution in [0.25, 0.3) is 0 Å². The van der Waals surface area contributed by atoms with Gasteiger partial charge in [0.15, 0.2) is 0 Å². The molecule has 0 N–H and O–H groups in total. The summed E-state index contributed by atoms with van der Waals surface area (Å²) in [4.78, 5) is 31.1. The molecular formula is C21H23N3O2. The standard InChI is InChI=1S/C21H23N3O2/c25-20-15-19(17-7-3-1-4-8-17)21(26)24(20)16-22-11-13-23(14-12-22)18-9-5-2-6-10-18/h1-10,19H,11-16H2/t19-/m0/s1. The van der Waals surface area contributed by atoms with Crippen LogP contribution in [0.15, 0.2) is 60.7 Å². The van der Waals surface area contributed by atoms with Crippen molar-refractivity contribution in [1.82, 2.24) is 9.80 Å².